The maximum atomic E-state index is 10.1. The van der Waals surface area contributed by atoms with Crippen LogP contribution in [0.3, 0.4) is 0 Å². The van der Waals surface area contributed by atoms with Gasteiger partial charge >= 0.3 is 0 Å². The van der Waals surface area contributed by atoms with Crippen LogP contribution in [0.15, 0.2) is 47.6 Å². The van der Waals surface area contributed by atoms with Crippen molar-refractivity contribution in [3.63, 3.8) is 0 Å². The van der Waals surface area contributed by atoms with Crippen LogP contribution >= 0.6 is 0 Å². The number of hydrogen-bond donors (Lipinski definition) is 3. The fourth-order valence-electron chi connectivity index (χ4n) is 6.19. The molecule has 0 heterocycles. The molecule has 29 heavy (non-hydrogen) atoms. The average molecular weight is 401 g/mol. The molecule has 0 saturated heterocycles. The molecule has 3 rings (SSSR count). The lowest BCUT2D eigenvalue weighted by atomic mass is 9.61. The Morgan fingerprint density at radius 2 is 1.83 bits per heavy atom. The normalized spacial score (nSPS) is 39.0. The fourth-order valence-corrected chi connectivity index (χ4v) is 6.19. The van der Waals surface area contributed by atoms with Crippen LogP contribution in [0.5, 0.6) is 0 Å². The zero-order valence-corrected chi connectivity index (χ0v) is 18.5. The second kappa shape index (κ2) is 9.32. The minimum atomic E-state index is -0.620. The molecule has 3 heteroatoms. The predicted molar refractivity (Wildman–Crippen MR) is 119 cm³/mol. The van der Waals surface area contributed by atoms with E-state index in [0.717, 1.165) is 12.0 Å². The fraction of sp³-hybridized carbons (Fsp3) is 0.692. The molecule has 0 aliphatic heterocycles. The Labute approximate surface area is 176 Å². The minimum absolute atomic E-state index is 0.267. The van der Waals surface area contributed by atoms with Gasteiger partial charge in [-0.25, -0.2) is 0 Å². The van der Waals surface area contributed by atoms with Gasteiger partial charge in [-0.2, -0.15) is 0 Å². The van der Waals surface area contributed by atoms with Crippen molar-refractivity contribution in [3.05, 3.63) is 47.6 Å². The second-order valence-electron chi connectivity index (χ2n) is 10.0. The van der Waals surface area contributed by atoms with Crippen molar-refractivity contribution in [1.29, 1.82) is 0 Å². The quantitative estimate of drug-likeness (QED) is 0.563. The van der Waals surface area contributed by atoms with Gasteiger partial charge < -0.3 is 15.3 Å². The van der Waals surface area contributed by atoms with Gasteiger partial charge in [0.1, 0.15) is 0 Å². The largest absolute Gasteiger partial charge is 0.393 e. The van der Waals surface area contributed by atoms with Gasteiger partial charge in [0.2, 0.25) is 0 Å². The van der Waals surface area contributed by atoms with E-state index in [4.69, 9.17) is 0 Å². The summed E-state index contributed by atoms with van der Waals surface area (Å²) in [5, 5.41) is 29.7. The van der Waals surface area contributed by atoms with Crippen LogP contribution in [0, 0.1) is 23.2 Å². The molecule has 0 radical (unpaired) electrons. The summed E-state index contributed by atoms with van der Waals surface area (Å²) in [6.45, 7) is 10.5. The lowest BCUT2D eigenvalue weighted by Crippen LogP contribution is -2.35. The highest BCUT2D eigenvalue weighted by atomic mass is 16.3. The molecule has 3 aliphatic rings. The van der Waals surface area contributed by atoms with Crippen molar-refractivity contribution in [2.75, 3.05) is 0 Å². The molecular formula is C26H40O3. The van der Waals surface area contributed by atoms with E-state index in [1.807, 2.05) is 6.92 Å². The third-order valence-electron chi connectivity index (χ3n) is 7.89. The number of rotatable bonds is 5. The summed E-state index contributed by atoms with van der Waals surface area (Å²) in [5.74, 6) is 1.87. The summed E-state index contributed by atoms with van der Waals surface area (Å²) in [7, 11) is 0. The summed E-state index contributed by atoms with van der Waals surface area (Å²) in [6, 6.07) is 0. The molecule has 3 N–H and O–H groups in total. The first-order valence-corrected chi connectivity index (χ1v) is 11.5. The van der Waals surface area contributed by atoms with Crippen LogP contribution < -0.4 is 0 Å². The standard InChI is InChI=1S/C26H40O3/c1-17(7-5-8-18(2)27)22-12-13-23-21(9-6-14-26(22,23)4)11-10-20-15-24(28)19(3)25(29)16-20/h5,7,10-11,17-18,22-25,27-29H,3,6,8-9,12-16H2,1-2,4H3/t17-,18-,22+,23-,24+,25+,26+/m0/s1. The van der Waals surface area contributed by atoms with E-state index in [-0.39, 0.29) is 6.10 Å². The molecule has 3 aliphatic carbocycles. The first-order chi connectivity index (χ1) is 13.7. The summed E-state index contributed by atoms with van der Waals surface area (Å²) in [4.78, 5) is 0. The Bertz CT molecular complexity index is 670. The molecule has 0 aromatic carbocycles. The molecule has 0 bridgehead atoms. The predicted octanol–water partition coefficient (Wildman–Crippen LogP) is 5.09. The Kier molecular flexibility index (Phi) is 7.24. The van der Waals surface area contributed by atoms with E-state index in [1.165, 1.54) is 32.1 Å². The van der Waals surface area contributed by atoms with E-state index in [0.29, 0.717) is 41.6 Å². The van der Waals surface area contributed by atoms with Gasteiger partial charge in [-0.05, 0) is 87.0 Å². The number of fused-ring (bicyclic) bond motifs is 1. The van der Waals surface area contributed by atoms with Gasteiger partial charge in [0.25, 0.3) is 0 Å². The molecule has 0 aromatic rings. The van der Waals surface area contributed by atoms with Crippen molar-refractivity contribution in [2.45, 2.75) is 90.4 Å². The summed E-state index contributed by atoms with van der Waals surface area (Å²) in [6.07, 6.45) is 15.6. The number of allylic oxidation sites excluding steroid dienone is 4. The Morgan fingerprint density at radius 3 is 2.48 bits per heavy atom. The van der Waals surface area contributed by atoms with Gasteiger partial charge in [0.15, 0.2) is 0 Å². The lowest BCUT2D eigenvalue weighted by Gasteiger charge is -2.44. The van der Waals surface area contributed by atoms with Crippen molar-refractivity contribution in [2.24, 2.45) is 23.2 Å². The van der Waals surface area contributed by atoms with E-state index < -0.39 is 12.2 Å². The van der Waals surface area contributed by atoms with E-state index >= 15 is 0 Å². The number of aliphatic hydroxyl groups is 3. The molecular weight excluding hydrogens is 360 g/mol. The molecule has 162 valence electrons. The van der Waals surface area contributed by atoms with E-state index in [9.17, 15) is 15.3 Å². The molecule has 0 aromatic heterocycles. The number of aliphatic hydroxyl groups excluding tert-OH is 3. The van der Waals surface area contributed by atoms with E-state index in [2.05, 4.69) is 44.7 Å². The van der Waals surface area contributed by atoms with Crippen LogP contribution in [0.25, 0.3) is 0 Å². The Hall–Kier alpha value is -1.16. The number of hydrogen-bond acceptors (Lipinski definition) is 3. The molecule has 7 atom stereocenters. The van der Waals surface area contributed by atoms with Gasteiger partial charge in [0.05, 0.1) is 18.3 Å². The van der Waals surface area contributed by atoms with Gasteiger partial charge in [0, 0.05) is 0 Å². The van der Waals surface area contributed by atoms with Crippen molar-refractivity contribution < 1.29 is 15.3 Å². The molecule has 3 nitrogen and oxygen atoms in total. The smallest absolute Gasteiger partial charge is 0.0809 e. The second-order valence-corrected chi connectivity index (χ2v) is 10.0. The maximum Gasteiger partial charge on any atom is 0.0809 e. The van der Waals surface area contributed by atoms with Gasteiger partial charge in [-0.3, -0.25) is 0 Å². The molecule has 0 unspecified atom stereocenters. The topological polar surface area (TPSA) is 60.7 Å². The lowest BCUT2D eigenvalue weighted by molar-refractivity contribution is 0.112. The van der Waals surface area contributed by atoms with E-state index in [1.54, 1.807) is 5.57 Å². The van der Waals surface area contributed by atoms with Crippen molar-refractivity contribution >= 4 is 0 Å². The van der Waals surface area contributed by atoms with Crippen LogP contribution in [0.2, 0.25) is 0 Å². The van der Waals surface area contributed by atoms with Gasteiger partial charge in [-0.15, -0.1) is 0 Å². The highest BCUT2D eigenvalue weighted by molar-refractivity contribution is 5.29. The van der Waals surface area contributed by atoms with Crippen LogP contribution in [0.4, 0.5) is 0 Å². The van der Waals surface area contributed by atoms with Crippen molar-refractivity contribution in [1.82, 2.24) is 0 Å². The average Bonchev–Trinajstić information content (AvgIpc) is 3.01. The first kappa shape index (κ1) is 22.5. The first-order valence-electron chi connectivity index (χ1n) is 11.5. The summed E-state index contributed by atoms with van der Waals surface area (Å²) >= 11 is 0. The van der Waals surface area contributed by atoms with Crippen LogP contribution in [-0.2, 0) is 0 Å². The van der Waals surface area contributed by atoms with Crippen LogP contribution in [0.1, 0.15) is 72.1 Å². The summed E-state index contributed by atoms with van der Waals surface area (Å²) in [5.41, 5.74) is 3.58. The highest BCUT2D eigenvalue weighted by Crippen LogP contribution is 2.59. The Morgan fingerprint density at radius 1 is 1.14 bits per heavy atom. The third-order valence-corrected chi connectivity index (χ3v) is 7.89. The SMILES string of the molecule is C=C1[C@H](O)CC(=CC=C2CCC[C@]3(C)[C@@H]([C@@H](C)C=CC[C@H](C)O)CC[C@@H]23)C[C@H]1O. The summed E-state index contributed by atoms with van der Waals surface area (Å²) < 4.78 is 0. The minimum Gasteiger partial charge on any atom is -0.393 e. The Balaban J connectivity index is 1.72. The van der Waals surface area contributed by atoms with Crippen LogP contribution in [-0.4, -0.2) is 33.6 Å². The molecule has 3 fully saturated rings. The van der Waals surface area contributed by atoms with Crippen molar-refractivity contribution in [3.8, 4) is 0 Å². The zero-order valence-electron chi connectivity index (χ0n) is 18.5. The molecule has 0 amide bonds. The molecule has 0 spiro atoms. The zero-order chi connectivity index (χ0) is 21.2. The highest BCUT2D eigenvalue weighted by Gasteiger charge is 2.50. The maximum absolute atomic E-state index is 10.1. The monoisotopic (exact) mass is 400 g/mol. The van der Waals surface area contributed by atoms with Gasteiger partial charge in [-0.1, -0.05) is 55.9 Å². The molecule has 3 saturated carbocycles. The third kappa shape index (κ3) is 4.95.